The van der Waals surface area contributed by atoms with Gasteiger partial charge in [0.15, 0.2) is 0 Å². The van der Waals surface area contributed by atoms with Crippen LogP contribution in [0.1, 0.15) is 61.5 Å². The normalized spacial score (nSPS) is 19.6. The van der Waals surface area contributed by atoms with Crippen LogP contribution in [0.4, 0.5) is 0 Å². The van der Waals surface area contributed by atoms with Crippen LogP contribution in [-0.4, -0.2) is 31.5 Å². The van der Waals surface area contributed by atoms with Crippen molar-refractivity contribution in [2.45, 2.75) is 50.4 Å². The van der Waals surface area contributed by atoms with Gasteiger partial charge in [-0.2, -0.15) is 0 Å². The minimum Gasteiger partial charge on any atom is -0.493 e. The van der Waals surface area contributed by atoms with E-state index in [-0.39, 0.29) is 0 Å². The molecule has 2 aromatic carbocycles. The Morgan fingerprint density at radius 1 is 0.660 bits per heavy atom. The number of azide groups is 1. The highest BCUT2D eigenvalue weighted by Crippen LogP contribution is 2.52. The van der Waals surface area contributed by atoms with Gasteiger partial charge in [0, 0.05) is 187 Å². The fraction of sp³-hybridized carbons (Fsp3) is 0.571. The molecular formula is C28H33Br2N3O3S17. The van der Waals surface area contributed by atoms with Gasteiger partial charge < -0.3 is 14.6 Å². The molecule has 0 spiro atoms. The number of aliphatic hydroxyl groups is 1. The van der Waals surface area contributed by atoms with E-state index < -0.39 is 0 Å². The van der Waals surface area contributed by atoms with Gasteiger partial charge in [0.25, 0.3) is 0 Å². The van der Waals surface area contributed by atoms with E-state index in [2.05, 4.69) is 105 Å². The first-order valence-electron chi connectivity index (χ1n) is 15.5. The molecule has 4 aliphatic rings. The quantitative estimate of drug-likeness (QED) is 0.139. The van der Waals surface area contributed by atoms with E-state index in [0.717, 1.165) is 58.3 Å². The highest BCUT2D eigenvalue weighted by atomic mass is 79.9. The highest BCUT2D eigenvalue weighted by molar-refractivity contribution is 9.10. The van der Waals surface area contributed by atoms with Crippen molar-refractivity contribution in [2.24, 2.45) is 28.8 Å². The van der Waals surface area contributed by atoms with Crippen LogP contribution in [0.3, 0.4) is 0 Å². The second-order valence-electron chi connectivity index (χ2n) is 11.6. The molecule has 25 heteroatoms. The second-order valence-corrected chi connectivity index (χ2v) is 36.4. The van der Waals surface area contributed by atoms with E-state index in [1.54, 1.807) is 79.9 Å². The Labute approximate surface area is 384 Å². The fourth-order valence-electron chi connectivity index (χ4n) is 4.77. The van der Waals surface area contributed by atoms with Crippen LogP contribution in [0, 0.1) is 23.7 Å². The van der Waals surface area contributed by atoms with Crippen LogP contribution in [-0.2, 0) is 160 Å². The number of hydrogen-bond donors (Lipinski definition) is 1. The Morgan fingerprint density at radius 2 is 1.06 bits per heavy atom. The van der Waals surface area contributed by atoms with Crippen molar-refractivity contribution in [1.29, 1.82) is 0 Å². The number of ether oxygens (including phenoxy) is 2. The lowest BCUT2D eigenvalue weighted by Crippen LogP contribution is -2.02. The van der Waals surface area contributed by atoms with Crippen molar-refractivity contribution in [2.75, 3.05) is 26.4 Å². The molecule has 0 saturated heterocycles. The van der Waals surface area contributed by atoms with Gasteiger partial charge in [-0.15, -0.1) is 0 Å². The summed E-state index contributed by atoms with van der Waals surface area (Å²) < 4.78 is 14.0. The summed E-state index contributed by atoms with van der Waals surface area (Å²) in [4.78, 5) is 2.84. The summed E-state index contributed by atoms with van der Waals surface area (Å²) in [7, 11) is 20.0. The van der Waals surface area contributed by atoms with E-state index in [1.165, 1.54) is 72.3 Å². The predicted octanol–water partition coefficient (Wildman–Crippen LogP) is 7.94. The van der Waals surface area contributed by atoms with Gasteiger partial charge >= 0.3 is 0 Å². The number of rotatable bonds is 11. The summed E-state index contributed by atoms with van der Waals surface area (Å²) in [6.45, 7) is 2.57. The van der Waals surface area contributed by atoms with Crippen molar-refractivity contribution in [1.82, 2.24) is 0 Å². The summed E-state index contributed by atoms with van der Waals surface area (Å²) in [5, 5.41) is 12.8. The van der Waals surface area contributed by atoms with Crippen molar-refractivity contribution in [3.05, 3.63) is 66.9 Å². The van der Waals surface area contributed by atoms with Crippen LogP contribution in [0.2, 0.25) is 0 Å². The lowest BCUT2D eigenvalue weighted by molar-refractivity contribution is 0.272. The van der Waals surface area contributed by atoms with Gasteiger partial charge in [-0.1, -0.05) is 37.0 Å². The molecule has 0 amide bonds. The maximum absolute atomic E-state index is 9.17. The number of hydrogen-bond acceptors (Lipinski definition) is 8. The third-order valence-electron chi connectivity index (χ3n) is 7.85. The van der Waals surface area contributed by atoms with Crippen molar-refractivity contribution >= 4 is 192 Å². The Kier molecular flexibility index (Phi) is 28.0. The lowest BCUT2D eigenvalue weighted by Gasteiger charge is -2.11. The fourth-order valence-corrected chi connectivity index (χ4v) is 30.2. The Bertz CT molecular complexity index is 2120. The monoisotopic (exact) mass is 1160 g/mol. The maximum Gasteiger partial charge on any atom is 0.122 e. The molecule has 294 valence electrons. The number of aliphatic hydroxyl groups excluding tert-OH is 1. The lowest BCUT2D eigenvalue weighted by atomic mass is 10.1. The molecule has 0 heterocycles. The predicted molar refractivity (Wildman–Crippen MR) is 273 cm³/mol. The van der Waals surface area contributed by atoms with Crippen LogP contribution in [0.25, 0.3) is 10.4 Å². The summed E-state index contributed by atoms with van der Waals surface area (Å²) >= 11 is 25.5. The van der Waals surface area contributed by atoms with E-state index in [1.807, 2.05) is 18.2 Å². The van der Waals surface area contributed by atoms with Gasteiger partial charge in [-0.05, 0) is 127 Å². The summed E-state index contributed by atoms with van der Waals surface area (Å²) in [5.74, 6) is 5.45. The molecule has 0 aliphatic heterocycles. The second kappa shape index (κ2) is 30.1. The molecule has 0 aromatic heterocycles. The van der Waals surface area contributed by atoms with Crippen LogP contribution < -0.4 is 9.47 Å². The Balaban J connectivity index is 0.000000204. The van der Waals surface area contributed by atoms with E-state index in [0.29, 0.717) is 36.8 Å². The minimum atomic E-state index is 0.291. The molecule has 1 N–H and O–H groups in total. The molecule has 4 saturated carbocycles. The Hall–Kier alpha value is 2.01. The average molecular weight is 1160 g/mol. The molecule has 4 fully saturated rings. The van der Waals surface area contributed by atoms with E-state index in [9.17, 15) is 5.11 Å². The smallest absolute Gasteiger partial charge is 0.122 e. The van der Waals surface area contributed by atoms with Crippen molar-refractivity contribution in [3.8, 4) is 11.5 Å². The summed E-state index contributed by atoms with van der Waals surface area (Å²) in [6, 6.07) is 12.4. The largest absolute Gasteiger partial charge is 0.493 e. The first-order valence-corrected chi connectivity index (χ1v) is 37.1. The molecule has 53 heavy (non-hydrogen) atoms. The minimum absolute atomic E-state index is 0.291. The molecule has 6 nitrogen and oxygen atoms in total. The zero-order valence-corrected chi connectivity index (χ0v) is 44.4. The third kappa shape index (κ3) is 22.3. The molecular weight excluding hydrogens is 1130 g/mol. The van der Waals surface area contributed by atoms with Crippen molar-refractivity contribution < 1.29 is 14.6 Å². The van der Waals surface area contributed by atoms with Gasteiger partial charge in [0.1, 0.15) is 11.5 Å². The van der Waals surface area contributed by atoms with Crippen LogP contribution in [0.5, 0.6) is 11.5 Å². The highest BCUT2D eigenvalue weighted by Gasteiger charge is 2.40. The topological polar surface area (TPSA) is 87.5 Å². The number of nitrogens with zero attached hydrogens (tertiary/aromatic N) is 3. The molecule has 4 atom stereocenters. The average Bonchev–Trinajstić information content (AvgIpc) is 3.96. The number of benzene rings is 2. The first kappa shape index (κ1) is 49.4. The first-order chi connectivity index (χ1) is 25.9. The van der Waals surface area contributed by atoms with Crippen molar-refractivity contribution in [3.63, 3.8) is 0 Å². The van der Waals surface area contributed by atoms with Crippen LogP contribution in [0.15, 0.2) is 50.5 Å². The van der Waals surface area contributed by atoms with Gasteiger partial charge in [-0.25, -0.2) is 0 Å². The summed E-state index contributed by atoms with van der Waals surface area (Å²) in [6.07, 6.45) is 7.41. The molecule has 0 radical (unpaired) electrons. The molecule has 0 bridgehead atoms. The van der Waals surface area contributed by atoms with Gasteiger partial charge in [-0.3, -0.25) is 0 Å². The van der Waals surface area contributed by atoms with Gasteiger partial charge in [0.2, 0.25) is 0 Å². The molecule has 6 rings (SSSR count). The standard InChI is InChI=1S/C14H16BrN3O.C14H17BrO2.S9.S8/c15-11-3-4-14(19-8-9-1-2-9)13(6-11)12-5-10(12)7-17-18-16;15-11-3-4-14(17-8-9-1-2-9)13(6-11)12-5-10(12)7-16;1-3-5-7-9-8-6-4-2;1-3-5-7-8-6-4-2/h3-4,6,9-10,12H,1-2,5,7-8H2;3-4,6,9-10,12,16H,1-2,5,7-8H2;;/t2*10-,12+;;/m11../s1. The SMILES string of the molecule is OC[C@H]1C[C@@H]1c1cc(Br)ccc1OCC1CC1.S=S=S=S=S=S=S=S.S=S=S=S=S=S=S=S=S.[N-]=[N+]=NC[C@H]1C[C@@H]1c1cc(Br)ccc1OCC1CC1. The Morgan fingerprint density at radius 3 is 1.42 bits per heavy atom. The van der Waals surface area contributed by atoms with Crippen LogP contribution >= 0.6 is 31.9 Å². The molecule has 0 unspecified atom stereocenters. The third-order valence-corrected chi connectivity index (χ3v) is 33.3. The van der Waals surface area contributed by atoms with E-state index >= 15 is 0 Å². The summed E-state index contributed by atoms with van der Waals surface area (Å²) in [5.41, 5.74) is 10.9. The molecule has 4 aliphatic carbocycles. The molecule has 2 aromatic rings. The van der Waals surface area contributed by atoms with Gasteiger partial charge in [0.05, 0.1) is 13.2 Å². The van der Waals surface area contributed by atoms with E-state index in [4.69, 9.17) is 15.0 Å². The zero-order valence-electron chi connectivity index (χ0n) is 27.3. The number of halogens is 2. The zero-order chi connectivity index (χ0) is 38.3. The maximum atomic E-state index is 9.17.